The maximum absolute atomic E-state index is 6.25. The molecule has 2 N–H and O–H groups in total. The maximum Gasteiger partial charge on any atom is 0.111 e. The first-order chi connectivity index (χ1) is 9.24. The molecule has 0 fully saturated rings. The van der Waals surface area contributed by atoms with Crippen LogP contribution in [0.2, 0.25) is 5.02 Å². The Morgan fingerprint density at radius 1 is 1.11 bits per heavy atom. The predicted octanol–water partition coefficient (Wildman–Crippen LogP) is 4.19. The Bertz CT molecular complexity index is 694. The zero-order valence-corrected chi connectivity index (χ0v) is 11.8. The number of thiazole rings is 1. The van der Waals surface area contributed by atoms with Crippen molar-refractivity contribution < 1.29 is 0 Å². The minimum atomic E-state index is -0.0872. The Hall–Kier alpha value is -1.42. The van der Waals surface area contributed by atoms with Gasteiger partial charge in [0.2, 0.25) is 0 Å². The van der Waals surface area contributed by atoms with Crippen LogP contribution in [-0.2, 0) is 6.42 Å². The molecular formula is C15H13ClN2S. The number of benzene rings is 2. The summed E-state index contributed by atoms with van der Waals surface area (Å²) in [4.78, 5) is 4.58. The molecule has 3 rings (SSSR count). The monoisotopic (exact) mass is 288 g/mol. The molecule has 2 nitrogen and oxygen atoms in total. The third kappa shape index (κ3) is 2.63. The summed E-state index contributed by atoms with van der Waals surface area (Å²) in [6.45, 7) is 0. The first-order valence-electron chi connectivity index (χ1n) is 6.08. The molecule has 1 unspecified atom stereocenters. The van der Waals surface area contributed by atoms with Gasteiger partial charge in [-0.3, -0.25) is 0 Å². The first kappa shape index (κ1) is 12.6. The largest absolute Gasteiger partial charge is 0.322 e. The van der Waals surface area contributed by atoms with E-state index in [-0.39, 0.29) is 6.04 Å². The molecule has 0 bridgehead atoms. The molecule has 1 atom stereocenters. The number of nitrogens with two attached hydrogens (primary N) is 1. The van der Waals surface area contributed by atoms with E-state index in [0.29, 0.717) is 0 Å². The van der Waals surface area contributed by atoms with Gasteiger partial charge in [-0.25, -0.2) is 4.98 Å². The number of hydrogen-bond acceptors (Lipinski definition) is 3. The van der Waals surface area contributed by atoms with Crippen LogP contribution < -0.4 is 5.73 Å². The van der Waals surface area contributed by atoms with E-state index in [9.17, 15) is 0 Å². The van der Waals surface area contributed by atoms with Gasteiger partial charge in [-0.2, -0.15) is 0 Å². The third-order valence-corrected chi connectivity index (χ3v) is 4.66. The van der Waals surface area contributed by atoms with Gasteiger partial charge in [0.15, 0.2) is 0 Å². The lowest BCUT2D eigenvalue weighted by Gasteiger charge is -2.07. The predicted molar refractivity (Wildman–Crippen MR) is 81.7 cm³/mol. The van der Waals surface area contributed by atoms with E-state index in [1.54, 1.807) is 11.3 Å². The number of fused-ring (bicyclic) bond motifs is 1. The summed E-state index contributed by atoms with van der Waals surface area (Å²) >= 11 is 7.75. The van der Waals surface area contributed by atoms with Crippen LogP contribution in [0, 0.1) is 0 Å². The standard InChI is InChI=1S/C15H13ClN2S/c16-11-7-4-8-13-14(11)19-15(18-13)12(17)9-10-5-2-1-3-6-10/h1-8,12H,9,17H2. The van der Waals surface area contributed by atoms with Crippen LogP contribution in [0.5, 0.6) is 0 Å². The van der Waals surface area contributed by atoms with Gasteiger partial charge >= 0.3 is 0 Å². The molecule has 0 radical (unpaired) electrons. The molecule has 0 saturated heterocycles. The van der Waals surface area contributed by atoms with Crippen molar-refractivity contribution >= 4 is 33.2 Å². The molecule has 0 spiro atoms. The summed E-state index contributed by atoms with van der Waals surface area (Å²) in [5, 5.41) is 1.68. The van der Waals surface area contributed by atoms with E-state index < -0.39 is 0 Å². The highest BCUT2D eigenvalue weighted by atomic mass is 35.5. The van der Waals surface area contributed by atoms with Crippen molar-refractivity contribution in [2.45, 2.75) is 12.5 Å². The van der Waals surface area contributed by atoms with Crippen LogP contribution in [0.1, 0.15) is 16.6 Å². The van der Waals surface area contributed by atoms with Crippen LogP contribution in [0.25, 0.3) is 10.2 Å². The van der Waals surface area contributed by atoms with Crippen LogP contribution in [0.3, 0.4) is 0 Å². The fraction of sp³-hybridized carbons (Fsp3) is 0.133. The average Bonchev–Trinajstić information content (AvgIpc) is 2.85. The molecule has 0 aliphatic carbocycles. The molecule has 1 heterocycles. The Kier molecular flexibility index (Phi) is 3.51. The lowest BCUT2D eigenvalue weighted by molar-refractivity contribution is 0.717. The Morgan fingerprint density at radius 3 is 2.63 bits per heavy atom. The quantitative estimate of drug-likeness (QED) is 0.785. The summed E-state index contributed by atoms with van der Waals surface area (Å²) < 4.78 is 1.02. The highest BCUT2D eigenvalue weighted by Crippen LogP contribution is 2.32. The lowest BCUT2D eigenvalue weighted by atomic mass is 10.1. The second-order valence-corrected chi connectivity index (χ2v) is 5.87. The summed E-state index contributed by atoms with van der Waals surface area (Å²) in [5.74, 6) is 0. The normalized spacial score (nSPS) is 12.7. The Morgan fingerprint density at radius 2 is 1.89 bits per heavy atom. The molecule has 0 saturated carbocycles. The second kappa shape index (κ2) is 5.29. The average molecular weight is 289 g/mol. The Balaban J connectivity index is 1.89. The van der Waals surface area contributed by atoms with Crippen LogP contribution >= 0.6 is 22.9 Å². The van der Waals surface area contributed by atoms with E-state index in [1.165, 1.54) is 5.56 Å². The molecule has 19 heavy (non-hydrogen) atoms. The SMILES string of the molecule is NC(Cc1ccccc1)c1nc2cccc(Cl)c2s1. The fourth-order valence-electron chi connectivity index (χ4n) is 2.05. The highest BCUT2D eigenvalue weighted by Gasteiger charge is 2.13. The van der Waals surface area contributed by atoms with Gasteiger partial charge in [-0.05, 0) is 24.1 Å². The highest BCUT2D eigenvalue weighted by molar-refractivity contribution is 7.19. The molecular weight excluding hydrogens is 276 g/mol. The van der Waals surface area contributed by atoms with Gasteiger partial charge in [0.1, 0.15) is 5.01 Å². The van der Waals surface area contributed by atoms with E-state index in [0.717, 1.165) is 26.7 Å². The molecule has 0 amide bonds. The van der Waals surface area contributed by atoms with E-state index >= 15 is 0 Å². The fourth-order valence-corrected chi connectivity index (χ4v) is 3.30. The topological polar surface area (TPSA) is 38.9 Å². The van der Waals surface area contributed by atoms with Crippen molar-refractivity contribution in [1.82, 2.24) is 4.98 Å². The number of rotatable bonds is 3. The molecule has 0 aliphatic heterocycles. The van der Waals surface area contributed by atoms with Gasteiger partial charge in [0.25, 0.3) is 0 Å². The molecule has 1 aromatic heterocycles. The van der Waals surface area contributed by atoms with Crippen molar-refractivity contribution in [3.05, 3.63) is 64.1 Å². The van der Waals surface area contributed by atoms with E-state index in [2.05, 4.69) is 17.1 Å². The summed E-state index contributed by atoms with van der Waals surface area (Å²) in [6, 6.07) is 15.9. The van der Waals surface area contributed by atoms with E-state index in [1.807, 2.05) is 36.4 Å². The Labute approximate surface area is 120 Å². The van der Waals surface area contributed by atoms with Gasteiger partial charge in [0, 0.05) is 0 Å². The van der Waals surface area contributed by atoms with Gasteiger partial charge in [-0.1, -0.05) is 48.0 Å². The summed E-state index contributed by atoms with van der Waals surface area (Å²) in [5.41, 5.74) is 8.40. The zero-order valence-electron chi connectivity index (χ0n) is 10.2. The van der Waals surface area contributed by atoms with Gasteiger partial charge < -0.3 is 5.73 Å². The van der Waals surface area contributed by atoms with Crippen LogP contribution in [0.4, 0.5) is 0 Å². The minimum Gasteiger partial charge on any atom is -0.322 e. The van der Waals surface area contributed by atoms with Crippen molar-refractivity contribution in [2.24, 2.45) is 5.73 Å². The molecule has 96 valence electrons. The molecule has 3 aromatic rings. The third-order valence-electron chi connectivity index (χ3n) is 3.00. The minimum absolute atomic E-state index is 0.0872. The number of aromatic nitrogens is 1. The first-order valence-corrected chi connectivity index (χ1v) is 7.28. The smallest absolute Gasteiger partial charge is 0.111 e. The van der Waals surface area contributed by atoms with E-state index in [4.69, 9.17) is 17.3 Å². The van der Waals surface area contributed by atoms with Crippen molar-refractivity contribution in [3.8, 4) is 0 Å². The molecule has 0 aliphatic rings. The number of hydrogen-bond donors (Lipinski definition) is 1. The maximum atomic E-state index is 6.25. The lowest BCUT2D eigenvalue weighted by Crippen LogP contribution is -2.12. The van der Waals surface area contributed by atoms with Crippen LogP contribution in [-0.4, -0.2) is 4.98 Å². The molecule has 2 aromatic carbocycles. The van der Waals surface area contributed by atoms with Crippen LogP contribution in [0.15, 0.2) is 48.5 Å². The summed E-state index contributed by atoms with van der Waals surface area (Å²) in [7, 11) is 0. The molecule has 4 heteroatoms. The second-order valence-electron chi connectivity index (χ2n) is 4.44. The van der Waals surface area contributed by atoms with Gasteiger partial charge in [0.05, 0.1) is 21.3 Å². The zero-order chi connectivity index (χ0) is 13.2. The number of nitrogens with zero attached hydrogens (tertiary/aromatic N) is 1. The van der Waals surface area contributed by atoms with Gasteiger partial charge in [-0.15, -0.1) is 11.3 Å². The number of halogens is 1. The van der Waals surface area contributed by atoms with Crippen molar-refractivity contribution in [3.63, 3.8) is 0 Å². The van der Waals surface area contributed by atoms with Crippen molar-refractivity contribution in [1.29, 1.82) is 0 Å². The summed E-state index contributed by atoms with van der Waals surface area (Å²) in [6.07, 6.45) is 0.790. The van der Waals surface area contributed by atoms with Crippen molar-refractivity contribution in [2.75, 3.05) is 0 Å².